The topological polar surface area (TPSA) is 92.2 Å². The van der Waals surface area contributed by atoms with Crippen LogP contribution in [0.1, 0.15) is 0 Å². The number of rotatable bonds is 0. The van der Waals surface area contributed by atoms with Crippen LogP contribution in [0.15, 0.2) is 0 Å². The minimum absolute atomic E-state index is 0. The van der Waals surface area contributed by atoms with E-state index in [2.05, 4.69) is 0 Å². The molecule has 0 rings (SSSR count). The predicted octanol–water partition coefficient (Wildman–Crippen LogP) is -8.51. The van der Waals surface area contributed by atoms with Crippen LogP contribution in [0.25, 0.3) is 0 Å². The molecule has 0 atom stereocenters. The Morgan fingerprint density at radius 2 is 0.857 bits per heavy atom. The summed E-state index contributed by atoms with van der Waals surface area (Å²) < 4.78 is 0. The van der Waals surface area contributed by atoms with E-state index in [-0.39, 0.29) is 59.8 Å². The fourth-order valence-corrected chi connectivity index (χ4v) is 0. The van der Waals surface area contributed by atoms with Gasteiger partial charge in [0.25, 0.3) is 0 Å². The monoisotopic (exact) mass is 142 g/mol. The maximum atomic E-state index is 8.58. The van der Waals surface area contributed by atoms with Gasteiger partial charge >= 0.3 is 59.8 Å². The molecule has 0 spiro atoms. The molecule has 0 aliphatic rings. The van der Waals surface area contributed by atoms with Gasteiger partial charge in [-0.1, -0.05) is 0 Å². The molecule has 0 heterocycles. The SMILES string of the molecule is [B+3].[K+].[O-][Si]([O-])([O-])[O-]. The zero-order chi connectivity index (χ0) is 4.50. The average molecular weight is 142 g/mol. The molecule has 4 nitrogen and oxygen atoms in total. The van der Waals surface area contributed by atoms with Crippen LogP contribution in [0.4, 0.5) is 0 Å². The number of hydrogen-bond donors (Lipinski definition) is 0. The van der Waals surface area contributed by atoms with E-state index in [0.29, 0.717) is 0 Å². The molecule has 0 aliphatic heterocycles. The average Bonchev–Trinajstić information content (AvgIpc) is 0.722. The Morgan fingerprint density at radius 3 is 0.857 bits per heavy atom. The van der Waals surface area contributed by atoms with Crippen LogP contribution in [-0.2, 0) is 0 Å². The van der Waals surface area contributed by atoms with E-state index in [9.17, 15) is 0 Å². The third-order valence-electron chi connectivity index (χ3n) is 0. The van der Waals surface area contributed by atoms with Crippen molar-refractivity contribution in [3.05, 3.63) is 0 Å². The summed E-state index contributed by atoms with van der Waals surface area (Å²) in [6.07, 6.45) is 0. The summed E-state index contributed by atoms with van der Waals surface area (Å²) >= 11 is 0. The van der Waals surface area contributed by atoms with Gasteiger partial charge in [0.2, 0.25) is 0 Å². The van der Waals surface area contributed by atoms with Crippen molar-refractivity contribution in [2.75, 3.05) is 0 Å². The van der Waals surface area contributed by atoms with E-state index in [4.69, 9.17) is 19.2 Å². The Bertz CT molecular complexity index is 27.2. The Morgan fingerprint density at radius 1 is 0.857 bits per heavy atom. The molecule has 0 aromatic carbocycles. The summed E-state index contributed by atoms with van der Waals surface area (Å²) in [4.78, 5) is 34.3. The van der Waals surface area contributed by atoms with Crippen LogP contribution in [0.3, 0.4) is 0 Å². The van der Waals surface area contributed by atoms with Crippen LogP contribution in [-0.4, -0.2) is 17.5 Å². The summed E-state index contributed by atoms with van der Waals surface area (Å²) in [7, 11) is -5.61. The normalized spacial score (nSPS) is 8.57. The van der Waals surface area contributed by atoms with Crippen molar-refractivity contribution in [2.24, 2.45) is 0 Å². The zero-order valence-electron chi connectivity index (χ0n) is 3.71. The van der Waals surface area contributed by atoms with Gasteiger partial charge in [0.1, 0.15) is 0 Å². The van der Waals surface area contributed by atoms with Gasteiger partial charge in [0.05, 0.1) is 0 Å². The smallest absolute Gasteiger partial charge is 0.894 e. The van der Waals surface area contributed by atoms with E-state index >= 15 is 0 Å². The molecule has 0 unspecified atom stereocenters. The Kier molecular flexibility index (Phi) is 13.4. The largest absolute Gasteiger partial charge is 3.00 e. The predicted molar refractivity (Wildman–Crippen MR) is 11.5 cm³/mol. The molecular weight excluding hydrogens is 142 g/mol. The summed E-state index contributed by atoms with van der Waals surface area (Å²) in [5, 5.41) is 0. The molecule has 0 aromatic rings. The molecule has 7 heavy (non-hydrogen) atoms. The Balaban J connectivity index is -0.0000000800. The van der Waals surface area contributed by atoms with Crippen molar-refractivity contribution in [2.45, 2.75) is 0 Å². The van der Waals surface area contributed by atoms with Crippen LogP contribution in [0, 0.1) is 0 Å². The third-order valence-corrected chi connectivity index (χ3v) is 0. The van der Waals surface area contributed by atoms with Gasteiger partial charge in [-0.2, -0.15) is 0 Å². The second-order valence-corrected chi connectivity index (χ2v) is 1.50. The Labute approximate surface area is 86.7 Å². The molecule has 0 saturated carbocycles. The van der Waals surface area contributed by atoms with Crippen LogP contribution < -0.4 is 70.6 Å². The minimum Gasteiger partial charge on any atom is -0.894 e. The van der Waals surface area contributed by atoms with Gasteiger partial charge in [0, 0.05) is 0 Å². The summed E-state index contributed by atoms with van der Waals surface area (Å²) in [6, 6.07) is 0. The van der Waals surface area contributed by atoms with Crippen molar-refractivity contribution in [3.63, 3.8) is 0 Å². The molecule has 0 aliphatic carbocycles. The van der Waals surface area contributed by atoms with Gasteiger partial charge < -0.3 is 28.2 Å². The van der Waals surface area contributed by atoms with Gasteiger partial charge in [-0.3, -0.25) is 0 Å². The van der Waals surface area contributed by atoms with E-state index < -0.39 is 9.05 Å². The van der Waals surface area contributed by atoms with E-state index in [1.807, 2.05) is 0 Å². The first-order valence-electron chi connectivity index (χ1n) is 0.816. The molecule has 0 aromatic heterocycles. The third kappa shape index (κ3) is 83.2. The zero-order valence-corrected chi connectivity index (χ0v) is 7.83. The van der Waals surface area contributed by atoms with E-state index in [1.165, 1.54) is 0 Å². The summed E-state index contributed by atoms with van der Waals surface area (Å²) in [6.45, 7) is 0. The molecule has 7 heteroatoms. The van der Waals surface area contributed by atoms with E-state index in [1.54, 1.807) is 0 Å². The molecule has 0 fully saturated rings. The molecule has 32 valence electrons. The minimum atomic E-state index is -5.61. The van der Waals surface area contributed by atoms with Gasteiger partial charge in [-0.25, -0.2) is 0 Å². The van der Waals surface area contributed by atoms with Crippen LogP contribution >= 0.6 is 0 Å². The maximum absolute atomic E-state index is 8.58. The van der Waals surface area contributed by atoms with Gasteiger partial charge in [-0.15, -0.1) is 0 Å². The first-order chi connectivity index (χ1) is 2.00. The fraction of sp³-hybridized carbons (Fsp3) is 0. The van der Waals surface area contributed by atoms with Crippen molar-refractivity contribution < 1.29 is 70.6 Å². The number of hydrogen-bond acceptors (Lipinski definition) is 4. The molecule has 0 saturated heterocycles. The Hall–Kier alpha value is 1.76. The van der Waals surface area contributed by atoms with Crippen molar-refractivity contribution >= 4 is 17.5 Å². The quantitative estimate of drug-likeness (QED) is 0.314. The summed E-state index contributed by atoms with van der Waals surface area (Å²) in [5.41, 5.74) is 0. The summed E-state index contributed by atoms with van der Waals surface area (Å²) in [5.74, 6) is 0. The molecule has 0 N–H and O–H groups in total. The standard InChI is InChI=1S/B.K.O4Si/c;;1-5(2,3)4/q+3;+1;-4. The van der Waals surface area contributed by atoms with Crippen LogP contribution in [0.2, 0.25) is 0 Å². The molecule has 0 bridgehead atoms. The maximum Gasteiger partial charge on any atom is 3.00 e. The molecular formula is BKO4Si. The first kappa shape index (κ1) is 15.9. The second-order valence-electron chi connectivity index (χ2n) is 0.500. The van der Waals surface area contributed by atoms with Crippen molar-refractivity contribution in [1.82, 2.24) is 0 Å². The fourth-order valence-electron chi connectivity index (χ4n) is 0. The van der Waals surface area contributed by atoms with Crippen molar-refractivity contribution in [1.29, 1.82) is 0 Å². The van der Waals surface area contributed by atoms with Gasteiger partial charge in [0.15, 0.2) is 0 Å². The first-order valence-corrected chi connectivity index (χ1v) is 2.45. The second kappa shape index (κ2) is 5.89. The van der Waals surface area contributed by atoms with Gasteiger partial charge in [-0.05, 0) is 0 Å². The van der Waals surface area contributed by atoms with Crippen LogP contribution in [0.5, 0.6) is 0 Å². The van der Waals surface area contributed by atoms with E-state index in [0.717, 1.165) is 0 Å². The molecule has 0 radical (unpaired) electrons. The molecule has 0 amide bonds. The van der Waals surface area contributed by atoms with Crippen molar-refractivity contribution in [3.8, 4) is 0 Å².